The molecule has 1 aromatic carbocycles. The number of hydrogen-bond donors (Lipinski definition) is 0. The van der Waals surface area contributed by atoms with E-state index in [-0.39, 0.29) is 31.6 Å². The van der Waals surface area contributed by atoms with Crippen LogP contribution in [0.2, 0.25) is 0 Å². The summed E-state index contributed by atoms with van der Waals surface area (Å²) in [6.07, 6.45) is 2.86. The Bertz CT molecular complexity index is 1050. The van der Waals surface area contributed by atoms with E-state index in [1.807, 2.05) is 6.07 Å². The lowest BCUT2D eigenvalue weighted by atomic mass is 10.0. The molecule has 0 unspecified atom stereocenters. The molecule has 9 heteroatoms. The van der Waals surface area contributed by atoms with Gasteiger partial charge in [-0.05, 0) is 29.2 Å². The Kier molecular flexibility index (Phi) is 6.50. The Labute approximate surface area is 189 Å². The zero-order valence-electron chi connectivity index (χ0n) is 18.8. The van der Waals surface area contributed by atoms with Crippen molar-refractivity contribution in [2.45, 2.75) is 32.4 Å². The van der Waals surface area contributed by atoms with Crippen molar-refractivity contribution >= 4 is 21.7 Å². The Morgan fingerprint density at radius 2 is 1.81 bits per heavy atom. The van der Waals surface area contributed by atoms with Crippen molar-refractivity contribution in [3.63, 3.8) is 0 Å². The quantitative estimate of drug-likeness (QED) is 0.632. The number of carbonyl (C=O) groups excluding carboxylic acids is 1. The average Bonchev–Trinajstić information content (AvgIpc) is 2.72. The van der Waals surface area contributed by atoms with E-state index in [0.29, 0.717) is 17.5 Å². The highest BCUT2D eigenvalue weighted by Gasteiger charge is 2.31. The fourth-order valence-electron chi connectivity index (χ4n) is 3.96. The van der Waals surface area contributed by atoms with E-state index in [0.717, 1.165) is 25.9 Å². The third kappa shape index (κ3) is 5.28. The molecule has 0 spiro atoms. The van der Waals surface area contributed by atoms with Crippen LogP contribution >= 0.6 is 0 Å². The van der Waals surface area contributed by atoms with E-state index in [1.54, 1.807) is 12.3 Å². The number of carbonyl (C=O) groups is 1. The molecule has 4 rings (SSSR count). The first-order chi connectivity index (χ1) is 15.2. The van der Waals surface area contributed by atoms with E-state index in [2.05, 4.69) is 48.0 Å². The summed E-state index contributed by atoms with van der Waals surface area (Å²) in [5.41, 5.74) is 2.66. The minimum atomic E-state index is -3.37. The summed E-state index contributed by atoms with van der Waals surface area (Å²) in [6, 6.07) is 12.4. The van der Waals surface area contributed by atoms with E-state index < -0.39 is 10.0 Å². The van der Waals surface area contributed by atoms with Crippen molar-refractivity contribution in [2.24, 2.45) is 0 Å². The number of hydrogen-bond acceptors (Lipinski definition) is 6. The fourth-order valence-corrected chi connectivity index (χ4v) is 4.72. The van der Waals surface area contributed by atoms with Crippen LogP contribution in [0, 0.1) is 0 Å². The molecule has 2 aliphatic rings. The van der Waals surface area contributed by atoms with Crippen LogP contribution in [0.5, 0.6) is 5.75 Å². The molecule has 8 nitrogen and oxygen atoms in total. The van der Waals surface area contributed by atoms with Gasteiger partial charge in [-0.2, -0.15) is 4.31 Å². The Balaban J connectivity index is 1.25. The van der Waals surface area contributed by atoms with E-state index in [9.17, 15) is 13.2 Å². The van der Waals surface area contributed by atoms with Gasteiger partial charge in [-0.1, -0.05) is 38.1 Å². The molecule has 0 saturated carbocycles. The van der Waals surface area contributed by atoms with Gasteiger partial charge in [0.05, 0.1) is 19.0 Å². The van der Waals surface area contributed by atoms with Gasteiger partial charge in [-0.3, -0.25) is 14.6 Å². The summed E-state index contributed by atoms with van der Waals surface area (Å²) >= 11 is 0. The second-order valence-corrected chi connectivity index (χ2v) is 10.8. The molecule has 0 bridgehead atoms. The summed E-state index contributed by atoms with van der Waals surface area (Å²) in [4.78, 5) is 20.6. The largest absolute Gasteiger partial charge is 0.486 e. The summed E-state index contributed by atoms with van der Waals surface area (Å²) in [5.74, 6) is 1.44. The van der Waals surface area contributed by atoms with Crippen molar-refractivity contribution in [2.75, 3.05) is 43.9 Å². The molecule has 1 amide bonds. The molecular formula is C23H30N4O4S. The topological polar surface area (TPSA) is 83.0 Å². The molecule has 2 aromatic rings. The first-order valence-electron chi connectivity index (χ1n) is 10.9. The molecule has 3 heterocycles. The number of aromatic nitrogens is 1. The summed E-state index contributed by atoms with van der Waals surface area (Å²) < 4.78 is 30.5. The number of ether oxygens (including phenoxy) is 1. The van der Waals surface area contributed by atoms with Crippen LogP contribution in [0.1, 0.15) is 30.9 Å². The number of pyridine rings is 1. The minimum Gasteiger partial charge on any atom is -0.486 e. The highest BCUT2D eigenvalue weighted by Crippen LogP contribution is 2.23. The minimum absolute atomic E-state index is 0.123. The molecule has 1 aromatic heterocycles. The predicted octanol–water partition coefficient (Wildman–Crippen LogP) is 2.08. The van der Waals surface area contributed by atoms with Crippen LogP contribution in [0.4, 0.5) is 5.82 Å². The number of likely N-dealkylation sites (tertiary alicyclic amines) is 1. The van der Waals surface area contributed by atoms with Gasteiger partial charge in [0.2, 0.25) is 15.9 Å². The Hall–Kier alpha value is -2.49. The molecular weight excluding hydrogens is 428 g/mol. The molecule has 2 fully saturated rings. The molecule has 172 valence electrons. The van der Waals surface area contributed by atoms with E-state index in [4.69, 9.17) is 4.74 Å². The van der Waals surface area contributed by atoms with Gasteiger partial charge in [-0.25, -0.2) is 13.4 Å². The van der Waals surface area contributed by atoms with E-state index >= 15 is 0 Å². The van der Waals surface area contributed by atoms with Crippen LogP contribution in [-0.4, -0.2) is 73.6 Å². The maximum absolute atomic E-state index is 12.4. The van der Waals surface area contributed by atoms with Gasteiger partial charge in [-0.15, -0.1) is 0 Å². The second-order valence-electron chi connectivity index (χ2n) is 8.82. The number of sulfonamides is 1. The maximum Gasteiger partial charge on any atom is 0.243 e. The van der Waals surface area contributed by atoms with Crippen molar-refractivity contribution in [3.8, 4) is 5.75 Å². The SMILES string of the molecule is CC(C)c1ccc(CN2CC(Oc3ccc(N4CCN(S(C)(=O)=O)CC4=O)nc3)C2)cc1. The zero-order valence-corrected chi connectivity index (χ0v) is 19.6. The Morgan fingerprint density at radius 3 is 2.38 bits per heavy atom. The number of anilines is 1. The molecule has 0 N–H and O–H groups in total. The first-order valence-corrected chi connectivity index (χ1v) is 12.7. The zero-order chi connectivity index (χ0) is 22.9. The summed E-state index contributed by atoms with van der Waals surface area (Å²) in [7, 11) is -3.37. The second kappa shape index (κ2) is 9.17. The third-order valence-corrected chi connectivity index (χ3v) is 7.18. The van der Waals surface area contributed by atoms with E-state index in [1.165, 1.54) is 20.3 Å². The third-order valence-electron chi connectivity index (χ3n) is 5.93. The highest BCUT2D eigenvalue weighted by atomic mass is 32.2. The standard InChI is InChI=1S/C23H30N4O4S/c1-17(2)19-6-4-18(5-7-19)13-25-14-21(15-25)31-20-8-9-22(24-12-20)27-11-10-26(16-23(27)28)32(3,29)30/h4-9,12,17,21H,10-11,13-16H2,1-3H3. The number of piperazine rings is 1. The lowest BCUT2D eigenvalue weighted by molar-refractivity contribution is -0.120. The van der Waals surface area contributed by atoms with Crippen LogP contribution in [0.25, 0.3) is 0 Å². The Morgan fingerprint density at radius 1 is 1.09 bits per heavy atom. The fraction of sp³-hybridized carbons (Fsp3) is 0.478. The summed E-state index contributed by atoms with van der Waals surface area (Å²) in [6.45, 7) is 7.43. The highest BCUT2D eigenvalue weighted by molar-refractivity contribution is 7.88. The van der Waals surface area contributed by atoms with Crippen molar-refractivity contribution in [3.05, 3.63) is 53.7 Å². The lowest BCUT2D eigenvalue weighted by Crippen LogP contribution is -2.53. The van der Waals surface area contributed by atoms with Crippen molar-refractivity contribution in [1.29, 1.82) is 0 Å². The number of benzene rings is 1. The smallest absolute Gasteiger partial charge is 0.243 e. The number of nitrogens with zero attached hydrogens (tertiary/aromatic N) is 4. The van der Waals surface area contributed by atoms with Gasteiger partial charge in [0.25, 0.3) is 0 Å². The van der Waals surface area contributed by atoms with Gasteiger partial charge in [0, 0.05) is 32.7 Å². The number of amides is 1. The lowest BCUT2D eigenvalue weighted by Gasteiger charge is -2.39. The van der Waals surface area contributed by atoms with Crippen molar-refractivity contribution < 1.29 is 17.9 Å². The van der Waals surface area contributed by atoms with Gasteiger partial charge >= 0.3 is 0 Å². The van der Waals surface area contributed by atoms with Gasteiger partial charge in [0.15, 0.2) is 0 Å². The van der Waals surface area contributed by atoms with Gasteiger partial charge in [0.1, 0.15) is 17.7 Å². The normalized spacial score (nSPS) is 18.8. The molecule has 0 atom stereocenters. The average molecular weight is 459 g/mol. The predicted molar refractivity (Wildman–Crippen MR) is 123 cm³/mol. The molecule has 0 radical (unpaired) electrons. The molecule has 32 heavy (non-hydrogen) atoms. The van der Waals surface area contributed by atoms with Crippen LogP contribution in [0.3, 0.4) is 0 Å². The molecule has 0 aliphatic carbocycles. The van der Waals surface area contributed by atoms with Crippen molar-refractivity contribution in [1.82, 2.24) is 14.2 Å². The summed E-state index contributed by atoms with van der Waals surface area (Å²) in [5, 5.41) is 0. The maximum atomic E-state index is 12.4. The van der Waals surface area contributed by atoms with Crippen LogP contribution in [0.15, 0.2) is 42.6 Å². The van der Waals surface area contributed by atoms with Crippen LogP contribution in [-0.2, 0) is 21.4 Å². The monoisotopic (exact) mass is 458 g/mol. The van der Waals surface area contributed by atoms with Gasteiger partial charge < -0.3 is 4.74 Å². The molecule has 2 saturated heterocycles. The molecule has 2 aliphatic heterocycles. The number of rotatable bonds is 7. The first kappa shape index (κ1) is 22.7. The van der Waals surface area contributed by atoms with Crippen LogP contribution < -0.4 is 9.64 Å².